The lowest BCUT2D eigenvalue weighted by molar-refractivity contribution is -0.138. The Labute approximate surface area is 127 Å². The first-order valence-electron chi connectivity index (χ1n) is 6.89. The molecule has 0 fully saturated rings. The Balaban J connectivity index is 2.25. The highest BCUT2D eigenvalue weighted by molar-refractivity contribution is 6.28. The van der Waals surface area contributed by atoms with Crippen LogP contribution in [0.15, 0.2) is 18.3 Å². The first-order chi connectivity index (χ1) is 10.1. The zero-order valence-electron chi connectivity index (χ0n) is 11.7. The van der Waals surface area contributed by atoms with Crippen LogP contribution in [0.2, 0.25) is 5.28 Å². The van der Waals surface area contributed by atoms with Gasteiger partial charge in [0.05, 0.1) is 5.52 Å². The quantitative estimate of drug-likeness (QED) is 0.603. The van der Waals surface area contributed by atoms with Gasteiger partial charge in [0.15, 0.2) is 5.82 Å². The molecule has 0 unspecified atom stereocenters. The summed E-state index contributed by atoms with van der Waals surface area (Å²) in [6.07, 6.45) is 5.01. The summed E-state index contributed by atoms with van der Waals surface area (Å²) in [5, 5.41) is 12.3. The molecule has 0 aromatic carbocycles. The predicted molar refractivity (Wildman–Crippen MR) is 81.5 cm³/mol. The van der Waals surface area contributed by atoms with Crippen LogP contribution in [0.5, 0.6) is 0 Å². The molecule has 2 rings (SSSR count). The van der Waals surface area contributed by atoms with Gasteiger partial charge in [0.2, 0.25) is 5.28 Å². The number of unbranched alkanes of at least 4 members (excludes halogenated alkanes) is 2. The predicted octanol–water partition coefficient (Wildman–Crippen LogP) is 3.12. The molecule has 0 aliphatic heterocycles. The molecule has 0 radical (unpaired) electrons. The Morgan fingerprint density at radius 3 is 2.95 bits per heavy atom. The highest BCUT2D eigenvalue weighted by atomic mass is 35.5. The van der Waals surface area contributed by atoms with Gasteiger partial charge in [-0.05, 0) is 30.2 Å². The molecular weight excluding hydrogens is 292 g/mol. The molecule has 2 aromatic rings. The zero-order valence-corrected chi connectivity index (χ0v) is 12.5. The van der Waals surface area contributed by atoms with Crippen molar-refractivity contribution in [3.8, 4) is 0 Å². The Bertz CT molecular complexity index is 635. The topological polar surface area (TPSA) is 88.0 Å². The molecule has 0 aliphatic rings. The maximum absolute atomic E-state index is 11.4. The van der Waals surface area contributed by atoms with Gasteiger partial charge < -0.3 is 10.4 Å². The summed E-state index contributed by atoms with van der Waals surface area (Å²) < 4.78 is 0. The third-order valence-electron chi connectivity index (χ3n) is 3.13. The fourth-order valence-electron chi connectivity index (χ4n) is 2.06. The Hall–Kier alpha value is -1.95. The summed E-state index contributed by atoms with van der Waals surface area (Å²) in [7, 11) is 0. The molecule has 1 atom stereocenters. The summed E-state index contributed by atoms with van der Waals surface area (Å²) in [5.41, 5.74) is 1.10. The molecule has 0 aliphatic carbocycles. The number of hydrogen-bond donors (Lipinski definition) is 2. The molecule has 21 heavy (non-hydrogen) atoms. The largest absolute Gasteiger partial charge is 0.480 e. The van der Waals surface area contributed by atoms with Gasteiger partial charge in [-0.15, -0.1) is 0 Å². The van der Waals surface area contributed by atoms with Crippen molar-refractivity contribution in [3.05, 3.63) is 23.6 Å². The number of carbonyl (C=O) groups is 1. The monoisotopic (exact) mass is 308 g/mol. The van der Waals surface area contributed by atoms with Crippen LogP contribution >= 0.6 is 11.6 Å². The van der Waals surface area contributed by atoms with Gasteiger partial charge >= 0.3 is 5.97 Å². The average Bonchev–Trinajstić information content (AvgIpc) is 2.46. The number of aromatic nitrogens is 3. The van der Waals surface area contributed by atoms with Crippen molar-refractivity contribution >= 4 is 34.4 Å². The van der Waals surface area contributed by atoms with Crippen LogP contribution in [0, 0.1) is 0 Å². The van der Waals surface area contributed by atoms with Crippen molar-refractivity contribution in [2.75, 3.05) is 5.32 Å². The smallest absolute Gasteiger partial charge is 0.326 e. The second-order valence-corrected chi connectivity index (χ2v) is 5.08. The van der Waals surface area contributed by atoms with Crippen molar-refractivity contribution in [1.82, 2.24) is 15.0 Å². The Morgan fingerprint density at radius 1 is 1.43 bits per heavy atom. The summed E-state index contributed by atoms with van der Waals surface area (Å²) in [4.78, 5) is 23.7. The van der Waals surface area contributed by atoms with Gasteiger partial charge in [0.25, 0.3) is 0 Å². The fourth-order valence-corrected chi connectivity index (χ4v) is 2.24. The minimum absolute atomic E-state index is 0.0655. The lowest BCUT2D eigenvalue weighted by atomic mass is 10.1. The lowest BCUT2D eigenvalue weighted by Crippen LogP contribution is -2.29. The van der Waals surface area contributed by atoms with E-state index in [9.17, 15) is 9.90 Å². The van der Waals surface area contributed by atoms with Crippen LogP contribution in [0.4, 0.5) is 5.82 Å². The number of fused-ring (bicyclic) bond motifs is 1. The Kier molecular flexibility index (Phi) is 5.27. The molecule has 2 heterocycles. The molecule has 0 saturated carbocycles. The van der Waals surface area contributed by atoms with E-state index in [1.807, 2.05) is 0 Å². The highest BCUT2D eigenvalue weighted by Gasteiger charge is 2.19. The molecule has 2 aromatic heterocycles. The van der Waals surface area contributed by atoms with Crippen LogP contribution in [0.25, 0.3) is 11.0 Å². The van der Waals surface area contributed by atoms with Crippen molar-refractivity contribution in [3.63, 3.8) is 0 Å². The average molecular weight is 309 g/mol. The third-order valence-corrected chi connectivity index (χ3v) is 3.30. The number of hydrogen-bond acceptors (Lipinski definition) is 5. The third kappa shape index (κ3) is 4.01. The maximum atomic E-state index is 11.4. The second kappa shape index (κ2) is 7.17. The Morgan fingerprint density at radius 2 is 2.24 bits per heavy atom. The molecule has 7 heteroatoms. The van der Waals surface area contributed by atoms with Crippen LogP contribution < -0.4 is 5.32 Å². The zero-order chi connectivity index (χ0) is 15.2. The van der Waals surface area contributed by atoms with E-state index in [1.54, 1.807) is 18.3 Å². The molecule has 112 valence electrons. The maximum Gasteiger partial charge on any atom is 0.326 e. The fraction of sp³-hybridized carbons (Fsp3) is 0.429. The number of carboxylic acid groups (broad SMARTS) is 1. The van der Waals surface area contributed by atoms with Crippen LogP contribution in [0.3, 0.4) is 0 Å². The summed E-state index contributed by atoms with van der Waals surface area (Å²) in [5.74, 6) is -0.556. The molecular formula is C14H17ClN4O2. The van der Waals surface area contributed by atoms with Gasteiger partial charge in [-0.25, -0.2) is 9.78 Å². The number of aliphatic carboxylic acids is 1. The molecule has 0 amide bonds. The van der Waals surface area contributed by atoms with E-state index in [-0.39, 0.29) is 5.28 Å². The standard InChI is InChI=1S/C14H17ClN4O2/c1-2-3-4-6-10(13(20)21)17-12-11-9(7-5-8-16-11)18-14(15)19-12/h5,7-8,10H,2-4,6H2,1H3,(H,20,21)(H,17,18,19)/t10-/m1/s1. The number of nitrogens with one attached hydrogen (secondary N) is 1. The second-order valence-electron chi connectivity index (χ2n) is 4.74. The van der Waals surface area contributed by atoms with Crippen LogP contribution in [-0.2, 0) is 4.79 Å². The van der Waals surface area contributed by atoms with E-state index < -0.39 is 12.0 Å². The number of pyridine rings is 1. The van der Waals surface area contributed by atoms with Gasteiger partial charge in [-0.3, -0.25) is 4.98 Å². The van der Waals surface area contributed by atoms with Crippen LogP contribution in [-0.4, -0.2) is 32.1 Å². The van der Waals surface area contributed by atoms with E-state index in [4.69, 9.17) is 11.6 Å². The molecule has 0 bridgehead atoms. The molecule has 6 nitrogen and oxygen atoms in total. The summed E-state index contributed by atoms with van der Waals surface area (Å²) in [6, 6.07) is 2.78. The van der Waals surface area contributed by atoms with Crippen molar-refractivity contribution in [1.29, 1.82) is 0 Å². The van der Waals surface area contributed by atoms with Crippen molar-refractivity contribution in [2.24, 2.45) is 0 Å². The normalized spacial score (nSPS) is 12.3. The van der Waals surface area contributed by atoms with E-state index in [0.717, 1.165) is 19.3 Å². The highest BCUT2D eigenvalue weighted by Crippen LogP contribution is 2.21. The number of rotatable bonds is 7. The van der Waals surface area contributed by atoms with Gasteiger partial charge in [-0.2, -0.15) is 4.98 Å². The number of halogens is 1. The summed E-state index contributed by atoms with van der Waals surface area (Å²) in [6.45, 7) is 2.07. The molecule has 2 N–H and O–H groups in total. The van der Waals surface area contributed by atoms with Crippen molar-refractivity contribution in [2.45, 2.75) is 38.6 Å². The lowest BCUT2D eigenvalue weighted by Gasteiger charge is -2.15. The summed E-state index contributed by atoms with van der Waals surface area (Å²) >= 11 is 5.88. The first-order valence-corrected chi connectivity index (χ1v) is 7.27. The van der Waals surface area contributed by atoms with E-state index in [1.165, 1.54) is 0 Å². The van der Waals surface area contributed by atoms with Gasteiger partial charge in [0, 0.05) is 6.20 Å². The van der Waals surface area contributed by atoms with Crippen LogP contribution in [0.1, 0.15) is 32.6 Å². The molecule has 0 saturated heterocycles. The SMILES string of the molecule is CCCCC[C@@H](Nc1nc(Cl)nc2cccnc12)C(=O)O. The van der Waals surface area contributed by atoms with Crippen molar-refractivity contribution < 1.29 is 9.90 Å². The minimum atomic E-state index is -0.912. The van der Waals surface area contributed by atoms with Gasteiger partial charge in [-0.1, -0.05) is 26.2 Å². The minimum Gasteiger partial charge on any atom is -0.480 e. The van der Waals surface area contributed by atoms with E-state index in [2.05, 4.69) is 27.2 Å². The molecule has 0 spiro atoms. The van der Waals surface area contributed by atoms with E-state index in [0.29, 0.717) is 23.3 Å². The van der Waals surface area contributed by atoms with Gasteiger partial charge in [0.1, 0.15) is 11.6 Å². The number of carboxylic acids is 1. The number of anilines is 1. The number of nitrogens with zero attached hydrogens (tertiary/aromatic N) is 3. The first kappa shape index (κ1) is 15.4. The van der Waals surface area contributed by atoms with E-state index >= 15 is 0 Å².